The summed E-state index contributed by atoms with van der Waals surface area (Å²) in [5, 5.41) is 10.7. The summed E-state index contributed by atoms with van der Waals surface area (Å²) in [6.45, 7) is 9.16. The molecule has 296 valence electrons. The molecule has 1 aliphatic heterocycles. The summed E-state index contributed by atoms with van der Waals surface area (Å²) in [7, 11) is 3.14. The number of likely N-dealkylation sites (tertiary alicyclic amines) is 1. The molecule has 3 unspecified atom stereocenters. The number of amides is 6. The molecule has 3 saturated carbocycles. The van der Waals surface area contributed by atoms with Crippen LogP contribution in [0, 0.1) is 29.1 Å². The van der Waals surface area contributed by atoms with Crippen molar-refractivity contribution in [2.24, 2.45) is 29.1 Å². The van der Waals surface area contributed by atoms with Gasteiger partial charge < -0.3 is 35.8 Å². The molecule has 1 aromatic rings. The molecule has 4 aliphatic rings. The first-order valence-electron chi connectivity index (χ1n) is 19.4. The zero-order valence-electron chi connectivity index (χ0n) is 32.7. The third-order valence-corrected chi connectivity index (χ3v) is 11.5. The van der Waals surface area contributed by atoms with Gasteiger partial charge in [-0.25, -0.2) is 4.79 Å². The highest BCUT2D eigenvalue weighted by atomic mass is 16.6. The average Bonchev–Trinajstić information content (AvgIpc) is 3.98. The maximum Gasteiger partial charge on any atom is 0.408 e. The Morgan fingerprint density at radius 3 is 2.15 bits per heavy atom. The third-order valence-electron chi connectivity index (χ3n) is 11.5. The molecule has 3 aliphatic carbocycles. The van der Waals surface area contributed by atoms with Crippen molar-refractivity contribution in [2.45, 2.75) is 116 Å². The number of ketones is 1. The van der Waals surface area contributed by atoms with Crippen molar-refractivity contribution >= 4 is 41.4 Å². The molecular formula is C40H58N6O8. The van der Waals surface area contributed by atoms with Crippen LogP contribution in [0.2, 0.25) is 0 Å². The van der Waals surface area contributed by atoms with Crippen LogP contribution in [0.5, 0.6) is 0 Å². The van der Waals surface area contributed by atoms with Gasteiger partial charge in [-0.1, -0.05) is 76.3 Å². The van der Waals surface area contributed by atoms with E-state index in [0.29, 0.717) is 12.1 Å². The second-order valence-electron chi connectivity index (χ2n) is 17.3. The normalized spacial score (nSPS) is 23.5. The van der Waals surface area contributed by atoms with Gasteiger partial charge in [-0.15, -0.1) is 0 Å². The lowest BCUT2D eigenvalue weighted by molar-refractivity contribution is -0.145. The number of fused-ring (bicyclic) bond motifs is 1. The molecule has 4 N–H and O–H groups in total. The maximum atomic E-state index is 14.4. The Labute approximate surface area is 318 Å². The highest BCUT2D eigenvalue weighted by Gasteiger charge is 2.70. The predicted octanol–water partition coefficient (Wildman–Crippen LogP) is 2.86. The zero-order chi connectivity index (χ0) is 39.5. The minimum atomic E-state index is -1.16. The summed E-state index contributed by atoms with van der Waals surface area (Å²) in [6.07, 6.45) is 5.72. The SMILES string of the molecule is CN(C)C(=O)C(NC(=O)CNC(=O)C(=O)C(CC1CC1)NC(=O)C1[C@@H]2[C@H](CN1C(=O)[C@@H](NC(=O)OC(C)(C)C)C1CCCCC1)C2(C)C)c1ccccc1. The van der Waals surface area contributed by atoms with Gasteiger partial charge in [0.25, 0.3) is 5.91 Å². The first kappa shape index (κ1) is 40.7. The Bertz CT molecular complexity index is 1600. The Morgan fingerprint density at radius 2 is 1.56 bits per heavy atom. The molecule has 0 radical (unpaired) electrons. The highest BCUT2D eigenvalue weighted by Crippen LogP contribution is 2.65. The lowest BCUT2D eigenvalue weighted by Crippen LogP contribution is -2.60. The number of alkyl carbamates (subject to hydrolysis) is 1. The first-order chi connectivity index (χ1) is 25.4. The quantitative estimate of drug-likeness (QED) is 0.209. The minimum absolute atomic E-state index is 0.0595. The van der Waals surface area contributed by atoms with E-state index in [0.717, 1.165) is 44.9 Å². The predicted molar refractivity (Wildman–Crippen MR) is 199 cm³/mol. The van der Waals surface area contributed by atoms with E-state index >= 15 is 0 Å². The third kappa shape index (κ3) is 9.78. The molecule has 4 fully saturated rings. The number of piperidine rings is 1. The minimum Gasteiger partial charge on any atom is -0.444 e. The second kappa shape index (κ2) is 16.5. The van der Waals surface area contributed by atoms with Crippen molar-refractivity contribution in [1.82, 2.24) is 31.1 Å². The van der Waals surface area contributed by atoms with Crippen molar-refractivity contribution in [2.75, 3.05) is 27.2 Å². The molecule has 0 spiro atoms. The van der Waals surface area contributed by atoms with Gasteiger partial charge in [0, 0.05) is 20.6 Å². The number of hydrogen-bond acceptors (Lipinski definition) is 8. The van der Waals surface area contributed by atoms with E-state index in [1.54, 1.807) is 70.1 Å². The van der Waals surface area contributed by atoms with Crippen molar-refractivity contribution in [3.63, 3.8) is 0 Å². The van der Waals surface area contributed by atoms with Crippen LogP contribution in [-0.2, 0) is 33.5 Å². The first-order valence-corrected chi connectivity index (χ1v) is 19.4. The Balaban J connectivity index is 1.27. The summed E-state index contributed by atoms with van der Waals surface area (Å²) >= 11 is 0. The van der Waals surface area contributed by atoms with Gasteiger partial charge >= 0.3 is 6.09 Å². The molecule has 14 heteroatoms. The van der Waals surface area contributed by atoms with E-state index < -0.39 is 65.9 Å². The number of likely N-dealkylation sites (N-methyl/N-ethyl adjacent to an activating group) is 1. The van der Waals surface area contributed by atoms with Crippen LogP contribution in [0.1, 0.15) is 97.6 Å². The van der Waals surface area contributed by atoms with Crippen molar-refractivity contribution in [1.29, 1.82) is 0 Å². The van der Waals surface area contributed by atoms with Crippen LogP contribution in [0.3, 0.4) is 0 Å². The number of benzene rings is 1. The van der Waals surface area contributed by atoms with E-state index in [-0.39, 0.29) is 47.3 Å². The fourth-order valence-corrected chi connectivity index (χ4v) is 8.26. The van der Waals surface area contributed by atoms with Crippen LogP contribution in [0.4, 0.5) is 4.79 Å². The van der Waals surface area contributed by atoms with Crippen LogP contribution >= 0.6 is 0 Å². The van der Waals surface area contributed by atoms with E-state index in [4.69, 9.17) is 4.74 Å². The molecule has 0 bridgehead atoms. The Morgan fingerprint density at radius 1 is 0.907 bits per heavy atom. The number of rotatable bonds is 14. The number of carbonyl (C=O) groups is 7. The van der Waals surface area contributed by atoms with E-state index in [2.05, 4.69) is 35.1 Å². The second-order valence-corrected chi connectivity index (χ2v) is 17.3. The summed E-state index contributed by atoms with van der Waals surface area (Å²) in [6, 6.07) is 4.77. The van der Waals surface area contributed by atoms with E-state index in [9.17, 15) is 33.6 Å². The fraction of sp³-hybridized carbons (Fsp3) is 0.675. The summed E-state index contributed by atoms with van der Waals surface area (Å²) in [5.41, 5.74) is -0.421. The smallest absolute Gasteiger partial charge is 0.408 e. The van der Waals surface area contributed by atoms with E-state index in [1.807, 2.05) is 0 Å². The Hall–Kier alpha value is -4.49. The molecule has 0 aromatic heterocycles. The monoisotopic (exact) mass is 750 g/mol. The molecule has 54 heavy (non-hydrogen) atoms. The number of nitrogens with zero attached hydrogens (tertiary/aromatic N) is 2. The van der Waals surface area contributed by atoms with Gasteiger partial charge in [-0.05, 0) is 74.7 Å². The van der Waals surface area contributed by atoms with Crippen LogP contribution in [0.25, 0.3) is 0 Å². The average molecular weight is 751 g/mol. The molecular weight excluding hydrogens is 692 g/mol. The van der Waals surface area contributed by atoms with E-state index in [1.165, 1.54) is 4.90 Å². The molecule has 6 atom stereocenters. The van der Waals surface area contributed by atoms with Gasteiger partial charge in [0.1, 0.15) is 23.7 Å². The van der Waals surface area contributed by atoms with Gasteiger partial charge in [-0.3, -0.25) is 28.8 Å². The lowest BCUT2D eigenvalue weighted by atomic mass is 9.83. The number of carbonyl (C=O) groups excluding carboxylic acids is 7. The van der Waals surface area contributed by atoms with Crippen molar-refractivity contribution in [3.8, 4) is 0 Å². The van der Waals surface area contributed by atoms with Gasteiger partial charge in [0.05, 0.1) is 12.6 Å². The standard InChI is InChI=1S/C40H58N6O8/c1-39(2,3)54-38(53)44-31(25-16-12-9-13-17-25)37(52)46-22-26-29(40(26,4)5)32(46)34(49)42-27(20-23-18-19-23)33(48)35(50)41-21-28(47)43-30(36(51)45(6)7)24-14-10-8-11-15-24/h8,10-11,14-15,23,25-27,29-32H,9,12-13,16-22H2,1-7H3,(H,41,50)(H,42,49)(H,43,47)(H,44,53)/t26-,27?,29-,30?,31-,32?/m0/s1. The number of ether oxygens (including phenoxy) is 1. The molecule has 1 heterocycles. The van der Waals surface area contributed by atoms with Crippen LogP contribution in [0.15, 0.2) is 30.3 Å². The largest absolute Gasteiger partial charge is 0.444 e. The number of nitrogens with one attached hydrogen (secondary N) is 4. The number of hydrogen-bond donors (Lipinski definition) is 4. The molecule has 1 aromatic carbocycles. The van der Waals surface area contributed by atoms with Gasteiger partial charge in [0.2, 0.25) is 29.4 Å². The van der Waals surface area contributed by atoms with Gasteiger partial charge in [-0.2, -0.15) is 0 Å². The molecule has 1 saturated heterocycles. The number of Topliss-reactive ketones (excluding diaryl/α,β-unsaturated/α-hetero) is 1. The fourth-order valence-electron chi connectivity index (χ4n) is 8.26. The molecule has 14 nitrogen and oxygen atoms in total. The molecule has 6 amide bonds. The lowest BCUT2D eigenvalue weighted by Gasteiger charge is -2.37. The molecule has 5 rings (SSSR count). The van der Waals surface area contributed by atoms with Crippen molar-refractivity contribution < 1.29 is 38.3 Å². The maximum absolute atomic E-state index is 14.4. The Kier molecular flexibility index (Phi) is 12.4. The van der Waals surface area contributed by atoms with Crippen LogP contribution in [-0.4, -0.2) is 102 Å². The van der Waals surface area contributed by atoms with Crippen molar-refractivity contribution in [3.05, 3.63) is 35.9 Å². The highest BCUT2D eigenvalue weighted by molar-refractivity contribution is 6.38. The van der Waals surface area contributed by atoms with Gasteiger partial charge in [0.15, 0.2) is 0 Å². The van der Waals surface area contributed by atoms with Crippen LogP contribution < -0.4 is 21.3 Å². The zero-order valence-corrected chi connectivity index (χ0v) is 32.7. The topological polar surface area (TPSA) is 183 Å². The summed E-state index contributed by atoms with van der Waals surface area (Å²) < 4.78 is 5.53. The summed E-state index contributed by atoms with van der Waals surface area (Å²) in [5.74, 6) is -3.87. The summed E-state index contributed by atoms with van der Waals surface area (Å²) in [4.78, 5) is 97.3.